The van der Waals surface area contributed by atoms with Gasteiger partial charge in [-0.25, -0.2) is 4.79 Å². The smallest absolute Gasteiger partial charge is 0.335 e. The third kappa shape index (κ3) is 11.0. The molecule has 4 saturated carbocycles. The second-order valence-electron chi connectivity index (χ2n) is 17.6. The maximum absolute atomic E-state index is 11.5. The molecular weight excluding hydrogens is 701 g/mol. The van der Waals surface area contributed by atoms with Crippen molar-refractivity contribution in [1.29, 1.82) is 0 Å². The minimum absolute atomic E-state index is 0.0776. The molecule has 5 heteroatoms. The second kappa shape index (κ2) is 24.5. The van der Waals surface area contributed by atoms with E-state index in [1.54, 1.807) is 12.1 Å². The van der Waals surface area contributed by atoms with Crippen LogP contribution in [0.15, 0.2) is 30.3 Å². The zero-order chi connectivity index (χ0) is 43.5. The monoisotopic (exact) mass is 781 g/mol. The number of nitrogens with zero attached hydrogens (tertiary/aromatic N) is 1. The summed E-state index contributed by atoms with van der Waals surface area (Å²) in [4.78, 5) is 14.1. The highest BCUT2D eigenvalue weighted by molar-refractivity contribution is 5.88. The Morgan fingerprint density at radius 2 is 1.39 bits per heavy atom. The van der Waals surface area contributed by atoms with Crippen LogP contribution in [0.5, 0.6) is 0 Å². The highest BCUT2D eigenvalue weighted by Gasteiger charge is 2.65. The molecule has 0 bridgehead atoms. The SMILES string of the molecule is C#C.C#C.C#C.C#C.CC.CC1(C)C(c2ccc(C(=O)O)cc2)=CC[C@@]2(C)C1CC[C@@]1(C)C3CC[C@@]4(NCCCN5CCOCC5)CCCC4[C@H]3CCC12.CCC. The maximum atomic E-state index is 11.5. The van der Waals surface area contributed by atoms with Gasteiger partial charge in [0, 0.05) is 18.6 Å². The zero-order valence-corrected chi connectivity index (χ0v) is 37.3. The molecule has 1 aromatic rings. The molecule has 6 aliphatic rings. The van der Waals surface area contributed by atoms with Crippen LogP contribution < -0.4 is 5.32 Å². The van der Waals surface area contributed by atoms with Crippen LogP contribution in [-0.4, -0.2) is 60.9 Å². The second-order valence-corrected chi connectivity index (χ2v) is 17.6. The lowest BCUT2D eigenvalue weighted by molar-refractivity contribution is -0.172. The molecule has 7 rings (SSSR count). The molecule has 1 heterocycles. The third-order valence-corrected chi connectivity index (χ3v) is 14.8. The summed E-state index contributed by atoms with van der Waals surface area (Å²) in [7, 11) is 0. The molecule has 0 aromatic heterocycles. The number of carboxylic acid groups (broad SMARTS) is 1. The van der Waals surface area contributed by atoms with E-state index in [9.17, 15) is 9.90 Å². The Kier molecular flexibility index (Phi) is 22.1. The van der Waals surface area contributed by atoms with Gasteiger partial charge in [0.1, 0.15) is 0 Å². The summed E-state index contributed by atoms with van der Waals surface area (Å²) in [5.41, 5.74) is 4.27. The highest BCUT2D eigenvalue weighted by Crippen LogP contribution is 2.72. The summed E-state index contributed by atoms with van der Waals surface area (Å²) in [5.74, 6) is 3.25. The van der Waals surface area contributed by atoms with Crippen molar-refractivity contribution in [1.82, 2.24) is 10.2 Å². The topological polar surface area (TPSA) is 61.8 Å². The number of hydrogen-bond acceptors (Lipinski definition) is 4. The molecule has 5 aliphatic carbocycles. The molecule has 1 aromatic carbocycles. The molecule has 1 saturated heterocycles. The van der Waals surface area contributed by atoms with E-state index in [1.165, 1.54) is 94.9 Å². The van der Waals surface area contributed by atoms with Crippen molar-refractivity contribution < 1.29 is 14.6 Å². The number of fused-ring (bicyclic) bond motifs is 7. The molecule has 57 heavy (non-hydrogen) atoms. The number of morpholine rings is 1. The van der Waals surface area contributed by atoms with Gasteiger partial charge >= 0.3 is 5.97 Å². The third-order valence-electron chi connectivity index (χ3n) is 14.8. The number of benzene rings is 1. The molecular formula is C52H80N2O3. The van der Waals surface area contributed by atoms with E-state index < -0.39 is 5.97 Å². The quantitative estimate of drug-likeness (QED) is 0.213. The fourth-order valence-electron chi connectivity index (χ4n) is 12.9. The summed E-state index contributed by atoms with van der Waals surface area (Å²) >= 11 is 0. The van der Waals surface area contributed by atoms with Gasteiger partial charge in [0.25, 0.3) is 0 Å². The van der Waals surface area contributed by atoms with Crippen LogP contribution in [0.3, 0.4) is 0 Å². The number of aromatic carboxylic acids is 1. The molecule has 0 radical (unpaired) electrons. The van der Waals surface area contributed by atoms with Crippen LogP contribution in [0.25, 0.3) is 5.57 Å². The van der Waals surface area contributed by atoms with Gasteiger partial charge in [-0.15, -0.1) is 51.4 Å². The molecule has 5 fully saturated rings. The van der Waals surface area contributed by atoms with E-state index in [4.69, 9.17) is 4.74 Å². The molecule has 1 aliphatic heterocycles. The molecule has 4 unspecified atom stereocenters. The number of allylic oxidation sites excluding steroid dienone is 2. The van der Waals surface area contributed by atoms with E-state index in [0.717, 1.165) is 56.4 Å². The van der Waals surface area contributed by atoms with E-state index in [0.29, 0.717) is 27.9 Å². The molecule has 8 atom stereocenters. The summed E-state index contributed by atoms with van der Waals surface area (Å²) in [6, 6.07) is 7.66. The van der Waals surface area contributed by atoms with E-state index in [-0.39, 0.29) is 5.41 Å². The molecule has 0 spiro atoms. The van der Waals surface area contributed by atoms with Gasteiger partial charge in [0.2, 0.25) is 0 Å². The van der Waals surface area contributed by atoms with Gasteiger partial charge < -0.3 is 15.2 Å². The van der Waals surface area contributed by atoms with Gasteiger partial charge in [-0.05, 0) is 146 Å². The number of nitrogens with one attached hydrogen (secondary N) is 1. The number of carbonyl (C=O) groups is 1. The van der Waals surface area contributed by atoms with Gasteiger partial charge in [-0.2, -0.15) is 0 Å². The summed E-state index contributed by atoms with van der Waals surface area (Å²) < 4.78 is 5.56. The largest absolute Gasteiger partial charge is 0.478 e. The Balaban J connectivity index is 0.00000113. The number of hydrogen-bond donors (Lipinski definition) is 2. The predicted molar refractivity (Wildman–Crippen MR) is 244 cm³/mol. The van der Waals surface area contributed by atoms with Crippen molar-refractivity contribution in [2.45, 2.75) is 138 Å². The molecule has 0 amide bonds. The molecule has 316 valence electrons. The average molecular weight is 781 g/mol. The predicted octanol–water partition coefficient (Wildman–Crippen LogP) is 11.3. The van der Waals surface area contributed by atoms with Crippen LogP contribution in [0, 0.1) is 97.2 Å². The van der Waals surface area contributed by atoms with Crippen LogP contribution in [-0.2, 0) is 4.74 Å². The van der Waals surface area contributed by atoms with Crippen molar-refractivity contribution in [3.63, 3.8) is 0 Å². The summed E-state index contributed by atoms with van der Waals surface area (Å²) in [5, 5.41) is 13.7. The summed E-state index contributed by atoms with van der Waals surface area (Å²) in [6.45, 7) is 25.0. The Morgan fingerprint density at radius 3 is 1.96 bits per heavy atom. The van der Waals surface area contributed by atoms with Crippen LogP contribution in [0.1, 0.15) is 148 Å². The maximum Gasteiger partial charge on any atom is 0.335 e. The van der Waals surface area contributed by atoms with Crippen molar-refractivity contribution >= 4 is 11.5 Å². The average Bonchev–Trinajstić information content (AvgIpc) is 3.68. The fraction of sp³-hybridized carbons (Fsp3) is 0.673. The van der Waals surface area contributed by atoms with Crippen molar-refractivity contribution in [2.75, 3.05) is 39.4 Å². The Labute approximate surface area is 351 Å². The number of rotatable bonds is 7. The van der Waals surface area contributed by atoms with E-state index in [2.05, 4.69) is 109 Å². The van der Waals surface area contributed by atoms with E-state index in [1.807, 2.05) is 26.0 Å². The van der Waals surface area contributed by atoms with Crippen molar-refractivity contribution in [2.24, 2.45) is 45.8 Å². The van der Waals surface area contributed by atoms with Crippen LogP contribution in [0.4, 0.5) is 0 Å². The van der Waals surface area contributed by atoms with Gasteiger partial charge in [-0.1, -0.05) is 86.4 Å². The summed E-state index contributed by atoms with van der Waals surface area (Å²) in [6.07, 6.45) is 50.8. The lowest BCUT2D eigenvalue weighted by Gasteiger charge is -2.68. The first-order valence-corrected chi connectivity index (χ1v) is 21.9. The minimum Gasteiger partial charge on any atom is -0.478 e. The minimum atomic E-state index is -0.847. The standard InChI is InChI=1S/C39H58N2O3.C3H8.C2H6.4C2H2/c1-36(2)30(27-8-10-28(11-9-27)35(42)43)14-18-38(4)33(36)16-19-37(3)31-15-20-39(40-21-6-22-41-23-25-44-26-24-41)17-5-7-32(39)29(31)12-13-34(37)38;1-3-2;5*1-2/h8-11,14,29,31-34,40H,5-7,12-13,15-26H2,1-4H3,(H,42,43);3H2,1-2H3;1-2H3;4*1-2H/t29-,31?,32?,33?,34?,37-,38-,39-;;;;;;/m0....../s1. The number of terminal acetylenes is 4. The van der Waals surface area contributed by atoms with Crippen molar-refractivity contribution in [3.05, 3.63) is 41.5 Å². The van der Waals surface area contributed by atoms with Gasteiger partial charge in [0.05, 0.1) is 18.8 Å². The zero-order valence-electron chi connectivity index (χ0n) is 37.3. The first-order valence-electron chi connectivity index (χ1n) is 21.9. The molecule has 5 nitrogen and oxygen atoms in total. The van der Waals surface area contributed by atoms with Crippen molar-refractivity contribution in [3.8, 4) is 51.4 Å². The highest BCUT2D eigenvalue weighted by atomic mass is 16.5. The normalized spacial score (nSPS) is 32.6. The first-order chi connectivity index (χ1) is 27.5. The lowest BCUT2D eigenvalue weighted by Crippen LogP contribution is -2.63. The number of ether oxygens (including phenoxy) is 1. The fourth-order valence-corrected chi connectivity index (χ4v) is 12.9. The van der Waals surface area contributed by atoms with Crippen LogP contribution in [0.2, 0.25) is 0 Å². The molecule has 2 N–H and O–H groups in total. The van der Waals surface area contributed by atoms with Crippen LogP contribution >= 0.6 is 0 Å². The lowest BCUT2D eigenvalue weighted by atomic mass is 9.37. The van der Waals surface area contributed by atoms with Gasteiger partial charge in [-0.3, -0.25) is 4.90 Å². The van der Waals surface area contributed by atoms with E-state index >= 15 is 0 Å². The van der Waals surface area contributed by atoms with Gasteiger partial charge in [0.15, 0.2) is 0 Å². The number of carboxylic acids is 1. The Hall–Kier alpha value is -3.45. The first kappa shape index (κ1) is 51.6. The Bertz CT molecular complexity index is 1420. The Morgan fingerprint density at radius 1 is 0.789 bits per heavy atom.